The van der Waals surface area contributed by atoms with Crippen molar-refractivity contribution < 1.29 is 19.1 Å². The van der Waals surface area contributed by atoms with E-state index in [0.717, 1.165) is 38.5 Å². The third-order valence-corrected chi connectivity index (χ3v) is 6.50. The monoisotopic (exact) mass is 502 g/mol. The molecule has 1 rings (SSSR count). The van der Waals surface area contributed by atoms with E-state index in [9.17, 15) is 14.4 Å². The number of hydrogen-bond donors (Lipinski definition) is 2. The Kier molecular flexibility index (Phi) is 18.3. The molecule has 0 atom stereocenters. The average Bonchev–Trinajstić information content (AvgIpc) is 2.87. The van der Waals surface area contributed by atoms with Crippen molar-refractivity contribution in [2.24, 2.45) is 0 Å². The van der Waals surface area contributed by atoms with E-state index in [1.807, 2.05) is 0 Å². The van der Waals surface area contributed by atoms with Crippen LogP contribution in [0.4, 0.5) is 11.4 Å². The van der Waals surface area contributed by atoms with E-state index in [4.69, 9.17) is 4.74 Å². The topological polar surface area (TPSA) is 84.5 Å². The van der Waals surface area contributed by atoms with Crippen LogP contribution >= 0.6 is 0 Å². The molecule has 2 amide bonds. The van der Waals surface area contributed by atoms with Crippen LogP contribution in [0.1, 0.15) is 140 Å². The van der Waals surface area contributed by atoms with Crippen molar-refractivity contribution in [3.63, 3.8) is 0 Å². The Hall–Kier alpha value is -2.37. The maximum Gasteiger partial charge on any atom is 0.337 e. The average molecular weight is 503 g/mol. The standard InChI is InChI=1S/C30H50N2O4/c1-4-6-8-10-12-14-16-18-20-28(33)31-26-23-22-25(30(35)36-3)24-27(26)32-29(34)21-19-17-15-13-11-9-7-5-2/h22-24H,4-21H2,1-3H3,(H,31,33)(H,32,34). The number of methoxy groups -OCH3 is 1. The van der Waals surface area contributed by atoms with Crippen molar-refractivity contribution in [3.05, 3.63) is 23.8 Å². The number of esters is 1. The fourth-order valence-electron chi connectivity index (χ4n) is 4.27. The van der Waals surface area contributed by atoms with Crippen LogP contribution in [0, 0.1) is 0 Å². The van der Waals surface area contributed by atoms with E-state index in [2.05, 4.69) is 24.5 Å². The molecule has 0 radical (unpaired) electrons. The number of carbonyl (C=O) groups excluding carboxylic acids is 3. The summed E-state index contributed by atoms with van der Waals surface area (Å²) < 4.78 is 4.81. The van der Waals surface area contributed by atoms with Gasteiger partial charge < -0.3 is 15.4 Å². The van der Waals surface area contributed by atoms with Crippen molar-refractivity contribution in [2.45, 2.75) is 129 Å². The van der Waals surface area contributed by atoms with Gasteiger partial charge in [-0.1, -0.05) is 104 Å². The molecule has 0 saturated heterocycles. The molecule has 0 bridgehead atoms. The van der Waals surface area contributed by atoms with Gasteiger partial charge in [-0.2, -0.15) is 0 Å². The van der Waals surface area contributed by atoms with Gasteiger partial charge in [0.05, 0.1) is 24.0 Å². The van der Waals surface area contributed by atoms with E-state index in [0.29, 0.717) is 29.8 Å². The van der Waals surface area contributed by atoms with E-state index < -0.39 is 5.97 Å². The molecule has 1 aromatic rings. The van der Waals surface area contributed by atoms with E-state index >= 15 is 0 Å². The zero-order chi connectivity index (χ0) is 26.4. The molecule has 0 fully saturated rings. The van der Waals surface area contributed by atoms with Crippen LogP contribution in [0.25, 0.3) is 0 Å². The number of hydrogen-bond acceptors (Lipinski definition) is 4. The molecule has 0 aliphatic carbocycles. The first-order chi connectivity index (χ1) is 17.5. The summed E-state index contributed by atoms with van der Waals surface area (Å²) in [5, 5.41) is 5.81. The predicted molar refractivity (Wildman–Crippen MR) is 149 cm³/mol. The van der Waals surface area contributed by atoms with Gasteiger partial charge in [0.1, 0.15) is 0 Å². The second kappa shape index (κ2) is 20.8. The molecule has 0 aliphatic heterocycles. The van der Waals surface area contributed by atoms with Gasteiger partial charge in [0.25, 0.3) is 0 Å². The minimum atomic E-state index is -0.481. The number of benzene rings is 1. The largest absolute Gasteiger partial charge is 0.465 e. The lowest BCUT2D eigenvalue weighted by Crippen LogP contribution is -2.17. The summed E-state index contributed by atoms with van der Waals surface area (Å²) >= 11 is 0. The Balaban J connectivity index is 2.52. The van der Waals surface area contributed by atoms with E-state index in [-0.39, 0.29) is 11.8 Å². The van der Waals surface area contributed by atoms with Gasteiger partial charge in [0.2, 0.25) is 11.8 Å². The minimum Gasteiger partial charge on any atom is -0.465 e. The van der Waals surface area contributed by atoms with Crippen LogP contribution in [0.5, 0.6) is 0 Å². The van der Waals surface area contributed by atoms with Crippen molar-refractivity contribution in [3.8, 4) is 0 Å². The number of ether oxygens (including phenoxy) is 1. The maximum atomic E-state index is 12.6. The number of rotatable bonds is 21. The second-order valence-corrected chi connectivity index (χ2v) is 9.80. The fourth-order valence-corrected chi connectivity index (χ4v) is 4.27. The first kappa shape index (κ1) is 31.7. The third-order valence-electron chi connectivity index (χ3n) is 6.50. The lowest BCUT2D eigenvalue weighted by molar-refractivity contribution is -0.117. The highest BCUT2D eigenvalue weighted by Crippen LogP contribution is 2.25. The third kappa shape index (κ3) is 14.9. The van der Waals surface area contributed by atoms with Crippen LogP contribution in [-0.4, -0.2) is 24.9 Å². The first-order valence-electron chi connectivity index (χ1n) is 14.3. The quantitative estimate of drug-likeness (QED) is 0.130. The smallest absolute Gasteiger partial charge is 0.337 e. The van der Waals surface area contributed by atoms with Crippen LogP contribution in [0.2, 0.25) is 0 Å². The highest BCUT2D eigenvalue weighted by atomic mass is 16.5. The molecule has 0 saturated carbocycles. The summed E-state index contributed by atoms with van der Waals surface area (Å²) in [7, 11) is 1.32. The highest BCUT2D eigenvalue weighted by molar-refractivity contribution is 6.01. The van der Waals surface area contributed by atoms with Gasteiger partial charge >= 0.3 is 5.97 Å². The van der Waals surface area contributed by atoms with Crippen LogP contribution < -0.4 is 10.6 Å². The van der Waals surface area contributed by atoms with Crippen LogP contribution in [0.3, 0.4) is 0 Å². The highest BCUT2D eigenvalue weighted by Gasteiger charge is 2.14. The maximum absolute atomic E-state index is 12.6. The second-order valence-electron chi connectivity index (χ2n) is 9.80. The molecular formula is C30H50N2O4. The van der Waals surface area contributed by atoms with Gasteiger partial charge in [0.15, 0.2) is 0 Å². The Morgan fingerprint density at radius 2 is 1.03 bits per heavy atom. The molecule has 204 valence electrons. The van der Waals surface area contributed by atoms with Gasteiger partial charge in [-0.15, -0.1) is 0 Å². The van der Waals surface area contributed by atoms with E-state index in [1.54, 1.807) is 18.2 Å². The van der Waals surface area contributed by atoms with Crippen LogP contribution in [-0.2, 0) is 14.3 Å². The Morgan fingerprint density at radius 1 is 0.611 bits per heavy atom. The lowest BCUT2D eigenvalue weighted by atomic mass is 10.1. The van der Waals surface area contributed by atoms with E-state index in [1.165, 1.54) is 71.3 Å². The zero-order valence-corrected chi connectivity index (χ0v) is 23.1. The number of anilines is 2. The molecule has 6 heteroatoms. The number of amides is 2. The molecule has 0 unspecified atom stereocenters. The van der Waals surface area contributed by atoms with Crippen molar-refractivity contribution in [1.82, 2.24) is 0 Å². The first-order valence-corrected chi connectivity index (χ1v) is 14.3. The molecule has 0 spiro atoms. The Morgan fingerprint density at radius 3 is 1.47 bits per heavy atom. The summed E-state index contributed by atoms with van der Waals surface area (Å²) in [6, 6.07) is 4.83. The van der Waals surface area contributed by atoms with Crippen molar-refractivity contribution in [2.75, 3.05) is 17.7 Å². The van der Waals surface area contributed by atoms with Gasteiger partial charge in [-0.05, 0) is 31.0 Å². The van der Waals surface area contributed by atoms with Crippen LogP contribution in [0.15, 0.2) is 18.2 Å². The molecule has 0 aliphatic rings. The Labute approximate surface area is 219 Å². The number of nitrogens with one attached hydrogen (secondary N) is 2. The fraction of sp³-hybridized carbons (Fsp3) is 0.700. The minimum absolute atomic E-state index is 0.0784. The predicted octanol–water partition coefficient (Wildman–Crippen LogP) is 8.41. The molecule has 36 heavy (non-hydrogen) atoms. The van der Waals surface area contributed by atoms with Crippen molar-refractivity contribution in [1.29, 1.82) is 0 Å². The lowest BCUT2D eigenvalue weighted by Gasteiger charge is -2.14. The summed E-state index contributed by atoms with van der Waals surface area (Å²) in [6.45, 7) is 4.43. The molecule has 0 heterocycles. The molecular weight excluding hydrogens is 452 g/mol. The molecule has 1 aromatic carbocycles. The zero-order valence-electron chi connectivity index (χ0n) is 23.1. The summed E-state index contributed by atoms with van der Waals surface area (Å²) in [6.07, 6.45) is 19.6. The summed E-state index contributed by atoms with van der Waals surface area (Å²) in [4.78, 5) is 37.1. The number of carbonyl (C=O) groups is 3. The Bertz CT molecular complexity index is 763. The van der Waals surface area contributed by atoms with Gasteiger partial charge in [0, 0.05) is 12.8 Å². The van der Waals surface area contributed by atoms with Gasteiger partial charge in [-0.25, -0.2) is 4.79 Å². The summed E-state index contributed by atoms with van der Waals surface area (Å²) in [5.74, 6) is -0.669. The normalized spacial score (nSPS) is 10.8. The molecule has 2 N–H and O–H groups in total. The SMILES string of the molecule is CCCCCCCCCCC(=O)Nc1ccc(C(=O)OC)cc1NC(=O)CCCCCCCCCC. The molecule has 6 nitrogen and oxygen atoms in total. The number of unbranched alkanes of at least 4 members (excludes halogenated alkanes) is 14. The summed E-state index contributed by atoms with van der Waals surface area (Å²) in [5.41, 5.74) is 1.28. The van der Waals surface area contributed by atoms with Crippen molar-refractivity contribution >= 4 is 29.2 Å². The molecule has 0 aromatic heterocycles. The van der Waals surface area contributed by atoms with Gasteiger partial charge in [-0.3, -0.25) is 9.59 Å².